The Labute approximate surface area is 201 Å². The first-order valence-corrected chi connectivity index (χ1v) is 12.5. The number of sulfonamides is 1. The van der Waals surface area contributed by atoms with Crippen LogP contribution in [0, 0.1) is 27.7 Å². The molecule has 0 fully saturated rings. The molecule has 7 heteroatoms. The van der Waals surface area contributed by atoms with E-state index in [2.05, 4.69) is 24.4 Å². The Hall–Kier alpha value is -2.83. The van der Waals surface area contributed by atoms with Gasteiger partial charge in [-0.25, -0.2) is 8.42 Å². The molecule has 5 nitrogen and oxygen atoms in total. The molecule has 33 heavy (non-hydrogen) atoms. The second-order valence-electron chi connectivity index (χ2n) is 8.34. The van der Waals surface area contributed by atoms with Gasteiger partial charge in [0.1, 0.15) is 6.54 Å². The van der Waals surface area contributed by atoms with E-state index in [1.807, 2.05) is 20.8 Å². The van der Waals surface area contributed by atoms with Crippen molar-refractivity contribution in [2.75, 3.05) is 10.8 Å². The number of hydrogen-bond donors (Lipinski definition) is 1. The minimum atomic E-state index is -4.00. The van der Waals surface area contributed by atoms with Gasteiger partial charge >= 0.3 is 0 Å². The number of anilines is 1. The molecule has 3 aromatic carbocycles. The quantitative estimate of drug-likeness (QED) is 0.471. The number of carbonyl (C=O) groups is 1. The number of hydrogen-bond acceptors (Lipinski definition) is 3. The average Bonchev–Trinajstić information content (AvgIpc) is 2.76. The van der Waals surface area contributed by atoms with E-state index in [-0.39, 0.29) is 17.5 Å². The van der Waals surface area contributed by atoms with Crippen LogP contribution < -0.4 is 9.62 Å². The summed E-state index contributed by atoms with van der Waals surface area (Å²) in [5, 5.41) is 3.36. The Kier molecular flexibility index (Phi) is 7.50. The van der Waals surface area contributed by atoms with Crippen LogP contribution in [0.4, 0.5) is 5.69 Å². The molecule has 0 aliphatic rings. The van der Waals surface area contributed by atoms with Gasteiger partial charge in [0, 0.05) is 5.02 Å². The van der Waals surface area contributed by atoms with Crippen molar-refractivity contribution in [3.05, 3.63) is 93.5 Å². The Bertz CT molecular complexity index is 1270. The molecule has 0 saturated carbocycles. The van der Waals surface area contributed by atoms with E-state index in [0.29, 0.717) is 16.3 Å². The number of halogens is 1. The highest BCUT2D eigenvalue weighted by Crippen LogP contribution is 2.29. The van der Waals surface area contributed by atoms with E-state index in [9.17, 15) is 13.2 Å². The number of rotatable bonds is 7. The predicted octanol–water partition coefficient (Wildman–Crippen LogP) is 5.65. The predicted molar refractivity (Wildman–Crippen MR) is 134 cm³/mol. The SMILES string of the molecule is Cc1cc(C)c([C@H](C)NC(=O)CN(c2cc(Cl)ccc2C)S(=O)(=O)c2ccccc2)cc1C. The zero-order valence-corrected chi connectivity index (χ0v) is 21.1. The number of aryl methyl sites for hydroxylation is 4. The van der Waals surface area contributed by atoms with Crippen molar-refractivity contribution in [3.8, 4) is 0 Å². The first-order chi connectivity index (χ1) is 15.5. The van der Waals surface area contributed by atoms with Crippen molar-refractivity contribution in [1.82, 2.24) is 5.32 Å². The summed E-state index contributed by atoms with van der Waals surface area (Å²) in [6.45, 7) is 9.41. The minimum absolute atomic E-state index is 0.107. The molecule has 0 aliphatic heterocycles. The smallest absolute Gasteiger partial charge is 0.264 e. The van der Waals surface area contributed by atoms with Crippen molar-refractivity contribution < 1.29 is 13.2 Å². The van der Waals surface area contributed by atoms with Crippen LogP contribution in [-0.4, -0.2) is 20.9 Å². The van der Waals surface area contributed by atoms with Crippen molar-refractivity contribution in [2.45, 2.75) is 45.6 Å². The first-order valence-electron chi connectivity index (χ1n) is 10.7. The summed E-state index contributed by atoms with van der Waals surface area (Å²) in [4.78, 5) is 13.2. The lowest BCUT2D eigenvalue weighted by Crippen LogP contribution is -2.42. The van der Waals surface area contributed by atoms with Gasteiger partial charge in [-0.3, -0.25) is 9.10 Å². The number of nitrogens with zero attached hydrogens (tertiary/aromatic N) is 1. The normalized spacial score (nSPS) is 12.3. The molecule has 1 atom stereocenters. The van der Waals surface area contributed by atoms with Gasteiger partial charge in [0.15, 0.2) is 0 Å². The van der Waals surface area contributed by atoms with E-state index in [1.54, 1.807) is 43.3 Å². The molecule has 174 valence electrons. The monoisotopic (exact) mass is 484 g/mol. The molecular weight excluding hydrogens is 456 g/mol. The molecule has 0 bridgehead atoms. The van der Waals surface area contributed by atoms with Crippen LogP contribution in [0.1, 0.15) is 40.8 Å². The number of nitrogens with one attached hydrogen (secondary N) is 1. The summed E-state index contributed by atoms with van der Waals surface area (Å²) in [5.74, 6) is -0.404. The summed E-state index contributed by atoms with van der Waals surface area (Å²) < 4.78 is 28.2. The summed E-state index contributed by atoms with van der Waals surface area (Å²) in [7, 11) is -4.00. The van der Waals surface area contributed by atoms with Gasteiger partial charge in [-0.1, -0.05) is 48.0 Å². The van der Waals surface area contributed by atoms with Crippen LogP contribution in [0.5, 0.6) is 0 Å². The van der Waals surface area contributed by atoms with Gasteiger partial charge in [-0.2, -0.15) is 0 Å². The first kappa shape index (κ1) is 24.8. The molecule has 1 N–H and O–H groups in total. The van der Waals surface area contributed by atoms with Crippen LogP contribution in [0.2, 0.25) is 5.02 Å². The lowest BCUT2D eigenvalue weighted by atomic mass is 9.96. The van der Waals surface area contributed by atoms with Crippen LogP contribution in [0.3, 0.4) is 0 Å². The topological polar surface area (TPSA) is 66.5 Å². The van der Waals surface area contributed by atoms with Gasteiger partial charge in [0.05, 0.1) is 16.6 Å². The third-order valence-corrected chi connectivity index (χ3v) is 7.79. The van der Waals surface area contributed by atoms with Gasteiger partial charge in [-0.15, -0.1) is 0 Å². The second kappa shape index (κ2) is 9.98. The van der Waals surface area contributed by atoms with Crippen LogP contribution in [0.15, 0.2) is 65.6 Å². The third kappa shape index (κ3) is 5.57. The van der Waals surface area contributed by atoms with Gasteiger partial charge in [-0.05, 0) is 86.7 Å². The van der Waals surface area contributed by atoms with E-state index >= 15 is 0 Å². The maximum absolute atomic E-state index is 13.5. The van der Waals surface area contributed by atoms with E-state index < -0.39 is 15.9 Å². The summed E-state index contributed by atoms with van der Waals surface area (Å²) in [6, 6.07) is 17.0. The highest BCUT2D eigenvalue weighted by molar-refractivity contribution is 7.92. The molecule has 0 unspecified atom stereocenters. The van der Waals surface area contributed by atoms with Gasteiger partial charge < -0.3 is 5.32 Å². The second-order valence-corrected chi connectivity index (χ2v) is 10.6. The highest BCUT2D eigenvalue weighted by Gasteiger charge is 2.29. The van der Waals surface area contributed by atoms with Crippen molar-refractivity contribution in [1.29, 1.82) is 0 Å². The zero-order valence-electron chi connectivity index (χ0n) is 19.5. The van der Waals surface area contributed by atoms with Crippen LogP contribution in [0.25, 0.3) is 0 Å². The number of amides is 1. The molecule has 0 saturated heterocycles. The van der Waals surface area contributed by atoms with Gasteiger partial charge in [0.25, 0.3) is 10.0 Å². The van der Waals surface area contributed by atoms with Crippen molar-refractivity contribution in [3.63, 3.8) is 0 Å². The average molecular weight is 485 g/mol. The molecule has 0 spiro atoms. The fourth-order valence-corrected chi connectivity index (χ4v) is 5.48. The number of carbonyl (C=O) groups excluding carboxylic acids is 1. The highest BCUT2D eigenvalue weighted by atomic mass is 35.5. The Balaban J connectivity index is 1.94. The lowest BCUT2D eigenvalue weighted by Gasteiger charge is -2.27. The molecule has 0 aromatic heterocycles. The molecule has 0 heterocycles. The zero-order chi connectivity index (χ0) is 24.3. The Morgan fingerprint density at radius 2 is 1.55 bits per heavy atom. The Morgan fingerprint density at radius 3 is 2.21 bits per heavy atom. The van der Waals surface area contributed by atoms with Crippen molar-refractivity contribution >= 4 is 33.2 Å². The molecule has 0 radical (unpaired) electrons. The molecule has 3 aromatic rings. The van der Waals surface area contributed by atoms with E-state index in [1.165, 1.54) is 17.7 Å². The van der Waals surface area contributed by atoms with Crippen LogP contribution in [-0.2, 0) is 14.8 Å². The molecule has 0 aliphatic carbocycles. The van der Waals surface area contributed by atoms with E-state index in [4.69, 9.17) is 11.6 Å². The summed E-state index contributed by atoms with van der Waals surface area (Å²) in [6.07, 6.45) is 0. The largest absolute Gasteiger partial charge is 0.348 e. The molecular formula is C26H29ClN2O3S. The standard InChI is InChI=1S/C26H29ClN2O3S/c1-17-11-12-22(27)15-25(17)29(33(31,32)23-9-7-6-8-10-23)16-26(30)28-21(5)24-14-19(3)18(2)13-20(24)4/h6-15,21H,16H2,1-5H3,(H,28,30)/t21-/m0/s1. The lowest BCUT2D eigenvalue weighted by molar-refractivity contribution is -0.120. The third-order valence-electron chi connectivity index (χ3n) is 5.78. The maximum atomic E-state index is 13.5. The summed E-state index contributed by atoms with van der Waals surface area (Å²) >= 11 is 6.18. The van der Waals surface area contributed by atoms with E-state index in [0.717, 1.165) is 21.0 Å². The van der Waals surface area contributed by atoms with Crippen LogP contribution >= 0.6 is 11.6 Å². The number of benzene rings is 3. The maximum Gasteiger partial charge on any atom is 0.264 e. The minimum Gasteiger partial charge on any atom is -0.348 e. The summed E-state index contributed by atoms with van der Waals surface area (Å²) in [5.41, 5.74) is 5.47. The molecule has 1 amide bonds. The Morgan fingerprint density at radius 1 is 0.909 bits per heavy atom. The molecule has 3 rings (SSSR count). The fourth-order valence-electron chi connectivity index (χ4n) is 3.82. The van der Waals surface area contributed by atoms with Gasteiger partial charge in [0.2, 0.25) is 5.91 Å². The fraction of sp³-hybridized carbons (Fsp3) is 0.269. The van der Waals surface area contributed by atoms with Crippen molar-refractivity contribution in [2.24, 2.45) is 0 Å².